The Morgan fingerprint density at radius 1 is 1.37 bits per heavy atom. The SMILES string of the molecule is CCNCC(=O)Nc1ccccc1N1CCCC1=O. The first kappa shape index (κ1) is 13.5. The number of hydrogen-bond acceptors (Lipinski definition) is 3. The van der Waals surface area contributed by atoms with Gasteiger partial charge in [0.1, 0.15) is 0 Å². The Morgan fingerprint density at radius 3 is 2.84 bits per heavy atom. The summed E-state index contributed by atoms with van der Waals surface area (Å²) in [7, 11) is 0. The summed E-state index contributed by atoms with van der Waals surface area (Å²) in [4.78, 5) is 25.3. The molecule has 5 heteroatoms. The van der Waals surface area contributed by atoms with E-state index in [0.717, 1.165) is 25.2 Å². The highest BCUT2D eigenvalue weighted by Crippen LogP contribution is 2.29. The van der Waals surface area contributed by atoms with Crippen molar-refractivity contribution in [1.29, 1.82) is 0 Å². The van der Waals surface area contributed by atoms with Gasteiger partial charge >= 0.3 is 0 Å². The van der Waals surface area contributed by atoms with E-state index in [1.165, 1.54) is 0 Å². The second-order valence-corrected chi connectivity index (χ2v) is 4.49. The molecule has 1 aliphatic heterocycles. The maximum atomic E-state index is 11.8. The van der Waals surface area contributed by atoms with E-state index in [-0.39, 0.29) is 18.4 Å². The summed E-state index contributed by atoms with van der Waals surface area (Å²) in [5.41, 5.74) is 1.48. The average molecular weight is 261 g/mol. The van der Waals surface area contributed by atoms with Crippen molar-refractivity contribution in [2.45, 2.75) is 19.8 Å². The Bertz CT molecular complexity index is 474. The number of nitrogens with zero attached hydrogens (tertiary/aromatic N) is 1. The first-order valence-corrected chi connectivity index (χ1v) is 6.62. The third kappa shape index (κ3) is 3.32. The third-order valence-corrected chi connectivity index (χ3v) is 3.08. The molecule has 19 heavy (non-hydrogen) atoms. The number of benzene rings is 1. The van der Waals surface area contributed by atoms with Crippen molar-refractivity contribution in [3.63, 3.8) is 0 Å². The lowest BCUT2D eigenvalue weighted by molar-refractivity contribution is -0.117. The summed E-state index contributed by atoms with van der Waals surface area (Å²) in [5.74, 6) is 0.0225. The lowest BCUT2D eigenvalue weighted by atomic mass is 10.2. The zero-order valence-electron chi connectivity index (χ0n) is 11.1. The van der Waals surface area contributed by atoms with Gasteiger partial charge in [0, 0.05) is 13.0 Å². The van der Waals surface area contributed by atoms with Crippen molar-refractivity contribution < 1.29 is 9.59 Å². The molecule has 0 aliphatic carbocycles. The van der Waals surface area contributed by atoms with Gasteiger partial charge in [-0.2, -0.15) is 0 Å². The summed E-state index contributed by atoms with van der Waals surface area (Å²) in [6.45, 7) is 3.70. The van der Waals surface area contributed by atoms with Gasteiger partial charge in [-0.1, -0.05) is 19.1 Å². The van der Waals surface area contributed by atoms with Gasteiger partial charge in [-0.05, 0) is 25.1 Å². The maximum Gasteiger partial charge on any atom is 0.238 e. The van der Waals surface area contributed by atoms with Gasteiger partial charge in [0.05, 0.1) is 17.9 Å². The lowest BCUT2D eigenvalue weighted by Gasteiger charge is -2.20. The molecule has 1 fully saturated rings. The zero-order chi connectivity index (χ0) is 13.7. The van der Waals surface area contributed by atoms with Crippen molar-refractivity contribution in [2.24, 2.45) is 0 Å². The fraction of sp³-hybridized carbons (Fsp3) is 0.429. The molecule has 0 bridgehead atoms. The first-order chi connectivity index (χ1) is 9.22. The van der Waals surface area contributed by atoms with Crippen LogP contribution in [0.3, 0.4) is 0 Å². The minimum atomic E-state index is -0.0963. The predicted molar refractivity (Wildman–Crippen MR) is 75.2 cm³/mol. The van der Waals surface area contributed by atoms with Gasteiger partial charge in [-0.25, -0.2) is 0 Å². The quantitative estimate of drug-likeness (QED) is 0.841. The number of para-hydroxylation sites is 2. The van der Waals surface area contributed by atoms with Crippen molar-refractivity contribution in [3.8, 4) is 0 Å². The molecule has 0 radical (unpaired) electrons. The van der Waals surface area contributed by atoms with Crippen LogP contribution >= 0.6 is 0 Å². The Kier molecular flexibility index (Phi) is 4.52. The molecule has 0 aromatic heterocycles. The summed E-state index contributed by atoms with van der Waals surface area (Å²) in [6.07, 6.45) is 1.46. The topological polar surface area (TPSA) is 61.4 Å². The maximum absolute atomic E-state index is 11.8. The lowest BCUT2D eigenvalue weighted by Crippen LogP contribution is -2.29. The zero-order valence-corrected chi connectivity index (χ0v) is 11.1. The van der Waals surface area contributed by atoms with Gasteiger partial charge in [0.25, 0.3) is 0 Å². The number of amides is 2. The number of carbonyl (C=O) groups is 2. The van der Waals surface area contributed by atoms with Gasteiger partial charge in [-0.15, -0.1) is 0 Å². The molecule has 0 unspecified atom stereocenters. The third-order valence-electron chi connectivity index (χ3n) is 3.08. The van der Waals surface area contributed by atoms with E-state index in [9.17, 15) is 9.59 Å². The van der Waals surface area contributed by atoms with Gasteiger partial charge in [0.15, 0.2) is 0 Å². The van der Waals surface area contributed by atoms with Crippen LogP contribution in [-0.4, -0.2) is 31.4 Å². The molecule has 2 amide bonds. The fourth-order valence-corrected chi connectivity index (χ4v) is 2.15. The molecule has 1 aromatic rings. The molecule has 1 saturated heterocycles. The van der Waals surface area contributed by atoms with E-state index in [1.54, 1.807) is 4.90 Å². The second-order valence-electron chi connectivity index (χ2n) is 4.49. The minimum Gasteiger partial charge on any atom is -0.323 e. The van der Waals surface area contributed by atoms with Gasteiger partial charge < -0.3 is 15.5 Å². The van der Waals surface area contributed by atoms with Gasteiger partial charge in [0.2, 0.25) is 11.8 Å². The van der Waals surface area contributed by atoms with Gasteiger partial charge in [-0.3, -0.25) is 9.59 Å². The molecule has 102 valence electrons. The summed E-state index contributed by atoms with van der Waals surface area (Å²) in [5, 5.41) is 5.82. The van der Waals surface area contributed by atoms with E-state index < -0.39 is 0 Å². The highest BCUT2D eigenvalue weighted by Gasteiger charge is 2.23. The normalized spacial score (nSPS) is 14.8. The predicted octanol–water partition coefficient (Wildman–Crippen LogP) is 1.36. The highest BCUT2D eigenvalue weighted by molar-refractivity contribution is 6.02. The van der Waals surface area contributed by atoms with E-state index in [0.29, 0.717) is 12.1 Å². The van der Waals surface area contributed by atoms with Crippen LogP contribution in [0.25, 0.3) is 0 Å². The Labute approximate surface area is 113 Å². The van der Waals surface area contributed by atoms with E-state index >= 15 is 0 Å². The molecular formula is C14H19N3O2. The van der Waals surface area contributed by atoms with Crippen LogP contribution in [0.4, 0.5) is 11.4 Å². The molecule has 0 atom stereocenters. The van der Waals surface area contributed by atoms with Crippen LogP contribution in [0.15, 0.2) is 24.3 Å². The van der Waals surface area contributed by atoms with Crippen molar-refractivity contribution in [1.82, 2.24) is 5.32 Å². The van der Waals surface area contributed by atoms with E-state index in [2.05, 4.69) is 10.6 Å². The number of nitrogens with one attached hydrogen (secondary N) is 2. The molecule has 1 aliphatic rings. The monoisotopic (exact) mass is 261 g/mol. The van der Waals surface area contributed by atoms with Crippen molar-refractivity contribution in [2.75, 3.05) is 29.9 Å². The Hall–Kier alpha value is -1.88. The molecule has 0 spiro atoms. The van der Waals surface area contributed by atoms with Crippen LogP contribution in [0.1, 0.15) is 19.8 Å². The Morgan fingerprint density at radius 2 is 2.16 bits per heavy atom. The molecule has 0 saturated carbocycles. The van der Waals surface area contributed by atoms with E-state index in [1.807, 2.05) is 31.2 Å². The first-order valence-electron chi connectivity index (χ1n) is 6.62. The highest BCUT2D eigenvalue weighted by atomic mass is 16.2. The standard InChI is InChI=1S/C14H19N3O2/c1-2-15-10-13(18)16-11-6-3-4-7-12(11)17-9-5-8-14(17)19/h3-4,6-7,15H,2,5,8-10H2,1H3,(H,16,18). The number of anilines is 2. The minimum absolute atomic E-state index is 0.0963. The molecular weight excluding hydrogens is 242 g/mol. The van der Waals surface area contributed by atoms with Crippen LogP contribution in [0.5, 0.6) is 0 Å². The summed E-state index contributed by atoms with van der Waals surface area (Å²) >= 11 is 0. The average Bonchev–Trinajstić information content (AvgIpc) is 2.83. The molecule has 2 N–H and O–H groups in total. The van der Waals surface area contributed by atoms with Crippen LogP contribution in [0, 0.1) is 0 Å². The fourth-order valence-electron chi connectivity index (χ4n) is 2.15. The molecule has 1 aromatic carbocycles. The van der Waals surface area contributed by atoms with E-state index in [4.69, 9.17) is 0 Å². The number of hydrogen-bond donors (Lipinski definition) is 2. The largest absolute Gasteiger partial charge is 0.323 e. The van der Waals surface area contributed by atoms with Crippen LogP contribution < -0.4 is 15.5 Å². The van der Waals surface area contributed by atoms with Crippen LogP contribution in [0.2, 0.25) is 0 Å². The number of rotatable bonds is 5. The Balaban J connectivity index is 2.12. The van der Waals surface area contributed by atoms with Crippen molar-refractivity contribution >= 4 is 23.2 Å². The molecule has 5 nitrogen and oxygen atoms in total. The molecule has 2 rings (SSSR count). The smallest absolute Gasteiger partial charge is 0.238 e. The van der Waals surface area contributed by atoms with Crippen LogP contribution in [-0.2, 0) is 9.59 Å². The second kappa shape index (κ2) is 6.33. The van der Waals surface area contributed by atoms with Crippen molar-refractivity contribution in [3.05, 3.63) is 24.3 Å². The number of carbonyl (C=O) groups excluding carboxylic acids is 2. The summed E-state index contributed by atoms with van der Waals surface area (Å²) in [6, 6.07) is 7.42. The number of likely N-dealkylation sites (N-methyl/N-ethyl adjacent to an activating group) is 1. The summed E-state index contributed by atoms with van der Waals surface area (Å²) < 4.78 is 0. The molecule has 1 heterocycles.